The molecule has 6 heteroatoms. The monoisotopic (exact) mass is 262 g/mol. The van der Waals surface area contributed by atoms with E-state index in [1.165, 1.54) is 18.8 Å². The molecule has 0 unspecified atom stereocenters. The molecule has 1 aromatic heterocycles. The topological polar surface area (TPSA) is 73.3 Å². The summed E-state index contributed by atoms with van der Waals surface area (Å²) in [6, 6.07) is 3.24. The smallest absolute Gasteiger partial charge is 0.329 e. The number of ether oxygens (including phenoxy) is 2. The Bertz CT molecular complexity index is 756. The Labute approximate surface area is 108 Å². The van der Waals surface area contributed by atoms with Crippen molar-refractivity contribution >= 4 is 10.9 Å². The number of fused-ring (bicyclic) bond motifs is 1. The Balaban J connectivity index is 2.36. The first-order valence-corrected chi connectivity index (χ1v) is 6.06. The molecule has 100 valence electrons. The maximum Gasteiger partial charge on any atom is 0.329 e. The molecule has 0 saturated heterocycles. The van der Waals surface area contributed by atoms with E-state index in [0.29, 0.717) is 22.4 Å². The highest BCUT2D eigenvalue weighted by Crippen LogP contribution is 2.33. The summed E-state index contributed by atoms with van der Waals surface area (Å²) in [5.74, 6) is 0.954. The van der Waals surface area contributed by atoms with E-state index < -0.39 is 0 Å². The molecule has 0 atom stereocenters. The fourth-order valence-electron chi connectivity index (χ4n) is 2.22. The van der Waals surface area contributed by atoms with Crippen LogP contribution >= 0.6 is 0 Å². The molecule has 2 aromatic rings. The van der Waals surface area contributed by atoms with Gasteiger partial charge in [-0.05, 0) is 18.9 Å². The minimum atomic E-state index is -0.368. The lowest BCUT2D eigenvalue weighted by molar-refractivity contribution is 0.355. The van der Waals surface area contributed by atoms with Crippen LogP contribution in [0.2, 0.25) is 0 Å². The largest absolute Gasteiger partial charge is 0.493 e. The van der Waals surface area contributed by atoms with Crippen molar-refractivity contribution in [2.45, 2.75) is 18.9 Å². The number of aromatic amines is 1. The van der Waals surface area contributed by atoms with Crippen LogP contribution in [0.5, 0.6) is 11.5 Å². The van der Waals surface area contributed by atoms with Gasteiger partial charge in [-0.1, -0.05) is 0 Å². The zero-order valence-corrected chi connectivity index (χ0v) is 10.7. The van der Waals surface area contributed by atoms with Gasteiger partial charge >= 0.3 is 5.69 Å². The van der Waals surface area contributed by atoms with Crippen molar-refractivity contribution < 1.29 is 9.47 Å². The summed E-state index contributed by atoms with van der Waals surface area (Å²) in [5, 5.41) is 0.434. The number of nitrogens with zero attached hydrogens (tertiary/aromatic N) is 1. The molecule has 1 aliphatic rings. The normalized spacial score (nSPS) is 14.6. The van der Waals surface area contributed by atoms with E-state index in [4.69, 9.17) is 9.47 Å². The lowest BCUT2D eigenvalue weighted by atomic mass is 10.2. The quantitative estimate of drug-likeness (QED) is 0.897. The van der Waals surface area contributed by atoms with Crippen LogP contribution in [0.25, 0.3) is 10.9 Å². The molecular weight excluding hydrogens is 248 g/mol. The predicted octanol–water partition coefficient (Wildman–Crippen LogP) is 1.04. The summed E-state index contributed by atoms with van der Waals surface area (Å²) < 4.78 is 11.6. The first-order chi connectivity index (χ1) is 9.15. The highest BCUT2D eigenvalue weighted by molar-refractivity contribution is 5.81. The molecule has 3 rings (SSSR count). The molecule has 0 amide bonds. The van der Waals surface area contributed by atoms with Crippen LogP contribution in [0.1, 0.15) is 18.9 Å². The number of benzene rings is 1. The van der Waals surface area contributed by atoms with E-state index in [1.807, 2.05) is 0 Å². The predicted molar refractivity (Wildman–Crippen MR) is 70.2 cm³/mol. The van der Waals surface area contributed by atoms with Gasteiger partial charge in [0, 0.05) is 12.1 Å². The Morgan fingerprint density at radius 1 is 1.16 bits per heavy atom. The van der Waals surface area contributed by atoms with Gasteiger partial charge in [0.1, 0.15) is 0 Å². The van der Waals surface area contributed by atoms with Gasteiger partial charge in [0.05, 0.1) is 25.1 Å². The van der Waals surface area contributed by atoms with Crippen molar-refractivity contribution in [2.75, 3.05) is 14.2 Å². The molecule has 1 saturated carbocycles. The zero-order valence-electron chi connectivity index (χ0n) is 10.7. The third kappa shape index (κ3) is 1.80. The van der Waals surface area contributed by atoms with Gasteiger partial charge in [-0.15, -0.1) is 0 Å². The van der Waals surface area contributed by atoms with Crippen molar-refractivity contribution in [3.05, 3.63) is 33.0 Å². The van der Waals surface area contributed by atoms with E-state index in [1.54, 1.807) is 12.1 Å². The summed E-state index contributed by atoms with van der Waals surface area (Å²) in [6.07, 6.45) is 1.75. The average Bonchev–Trinajstić information content (AvgIpc) is 3.22. The minimum Gasteiger partial charge on any atom is -0.493 e. The average molecular weight is 262 g/mol. The van der Waals surface area contributed by atoms with Gasteiger partial charge in [0.15, 0.2) is 11.5 Å². The van der Waals surface area contributed by atoms with E-state index in [0.717, 1.165) is 12.8 Å². The lowest BCUT2D eigenvalue weighted by Gasteiger charge is -2.10. The third-order valence-corrected chi connectivity index (χ3v) is 3.35. The van der Waals surface area contributed by atoms with Crippen molar-refractivity contribution in [1.29, 1.82) is 0 Å². The highest BCUT2D eigenvalue weighted by Gasteiger charge is 2.27. The van der Waals surface area contributed by atoms with Crippen molar-refractivity contribution in [3.63, 3.8) is 0 Å². The lowest BCUT2D eigenvalue weighted by Crippen LogP contribution is -2.34. The van der Waals surface area contributed by atoms with E-state index in [9.17, 15) is 9.59 Å². The molecule has 1 N–H and O–H groups in total. The molecule has 0 aliphatic heterocycles. The van der Waals surface area contributed by atoms with Crippen LogP contribution in [-0.2, 0) is 0 Å². The summed E-state index contributed by atoms with van der Waals surface area (Å²) >= 11 is 0. The second-order valence-electron chi connectivity index (χ2n) is 4.59. The number of hydrogen-bond acceptors (Lipinski definition) is 4. The van der Waals surface area contributed by atoms with Crippen LogP contribution in [0.15, 0.2) is 21.7 Å². The van der Waals surface area contributed by atoms with Crippen molar-refractivity contribution in [1.82, 2.24) is 9.55 Å². The molecule has 1 fully saturated rings. The Kier molecular flexibility index (Phi) is 2.58. The van der Waals surface area contributed by atoms with Crippen molar-refractivity contribution in [2.24, 2.45) is 0 Å². The molecule has 6 nitrogen and oxygen atoms in total. The van der Waals surface area contributed by atoms with Crippen LogP contribution in [0.4, 0.5) is 0 Å². The Hall–Kier alpha value is -2.24. The number of hydrogen-bond donors (Lipinski definition) is 1. The maximum absolute atomic E-state index is 12.3. The standard InChI is InChI=1S/C13H14N2O4/c1-18-10-5-8-9(6-11(10)19-2)14-13(17)15(12(8)16)7-3-4-7/h5-7H,3-4H2,1-2H3,(H,14,17). The molecule has 1 aromatic carbocycles. The summed E-state index contributed by atoms with van der Waals surface area (Å²) in [7, 11) is 3.02. The molecule has 1 aliphatic carbocycles. The molecule has 0 bridgehead atoms. The van der Waals surface area contributed by atoms with Crippen molar-refractivity contribution in [3.8, 4) is 11.5 Å². The fraction of sp³-hybridized carbons (Fsp3) is 0.385. The fourth-order valence-corrected chi connectivity index (χ4v) is 2.22. The first-order valence-electron chi connectivity index (χ1n) is 6.06. The molecule has 1 heterocycles. The van der Waals surface area contributed by atoms with Crippen LogP contribution in [0, 0.1) is 0 Å². The number of methoxy groups -OCH3 is 2. The second kappa shape index (κ2) is 4.15. The van der Waals surface area contributed by atoms with Gasteiger partial charge in [-0.25, -0.2) is 4.79 Å². The number of rotatable bonds is 3. The van der Waals surface area contributed by atoms with Gasteiger partial charge in [0.2, 0.25) is 0 Å². The van der Waals surface area contributed by atoms with E-state index >= 15 is 0 Å². The molecule has 0 radical (unpaired) electrons. The van der Waals surface area contributed by atoms with E-state index in [-0.39, 0.29) is 17.3 Å². The molecule has 19 heavy (non-hydrogen) atoms. The highest BCUT2D eigenvalue weighted by atomic mass is 16.5. The Morgan fingerprint density at radius 3 is 2.37 bits per heavy atom. The van der Waals surface area contributed by atoms with Gasteiger partial charge in [-0.2, -0.15) is 0 Å². The molecule has 0 spiro atoms. The van der Waals surface area contributed by atoms with Crippen LogP contribution in [0.3, 0.4) is 0 Å². The number of aromatic nitrogens is 2. The van der Waals surface area contributed by atoms with E-state index in [2.05, 4.69) is 4.98 Å². The van der Waals surface area contributed by atoms with Crippen LogP contribution < -0.4 is 20.7 Å². The van der Waals surface area contributed by atoms with Gasteiger partial charge in [0.25, 0.3) is 5.56 Å². The summed E-state index contributed by atoms with van der Waals surface area (Å²) in [5.41, 5.74) is -0.182. The SMILES string of the molecule is COc1cc2[nH]c(=O)n(C3CC3)c(=O)c2cc1OC. The minimum absolute atomic E-state index is 0.0359. The Morgan fingerprint density at radius 2 is 1.79 bits per heavy atom. The zero-order chi connectivity index (χ0) is 13.6. The maximum atomic E-state index is 12.3. The van der Waals surface area contributed by atoms with Crippen LogP contribution in [-0.4, -0.2) is 23.8 Å². The third-order valence-electron chi connectivity index (χ3n) is 3.35. The summed E-state index contributed by atoms with van der Waals surface area (Å²) in [6.45, 7) is 0. The van der Waals surface area contributed by atoms with Gasteiger partial charge in [-0.3, -0.25) is 9.36 Å². The first kappa shape index (κ1) is 11.8. The van der Waals surface area contributed by atoms with Gasteiger partial charge < -0.3 is 14.5 Å². The number of nitrogens with one attached hydrogen (secondary N) is 1. The summed E-state index contributed by atoms with van der Waals surface area (Å²) in [4.78, 5) is 27.0. The molecular formula is C13H14N2O4. The second-order valence-corrected chi connectivity index (χ2v) is 4.59. The number of H-pyrrole nitrogens is 1.